The van der Waals surface area contributed by atoms with Crippen molar-refractivity contribution in [2.24, 2.45) is 0 Å². The molecular weight excluding hydrogens is 300 g/mol. The molecule has 2 N–H and O–H groups in total. The van der Waals surface area contributed by atoms with E-state index >= 15 is 0 Å². The fraction of sp³-hybridized carbons (Fsp3) is 0.375. The molecule has 0 bridgehead atoms. The molecule has 0 radical (unpaired) electrons. The second kappa shape index (κ2) is 6.94. The van der Waals surface area contributed by atoms with Crippen molar-refractivity contribution in [3.05, 3.63) is 47.2 Å². The van der Waals surface area contributed by atoms with E-state index in [2.05, 4.69) is 44.7 Å². The zero-order valence-electron chi connectivity index (χ0n) is 12.3. The van der Waals surface area contributed by atoms with Crippen molar-refractivity contribution in [1.82, 2.24) is 15.1 Å². The maximum atomic E-state index is 11.6. The number of alkyl halides is 1. The van der Waals surface area contributed by atoms with Crippen molar-refractivity contribution in [2.75, 3.05) is 17.7 Å². The third-order valence-electron chi connectivity index (χ3n) is 3.84. The predicted molar refractivity (Wildman–Crippen MR) is 86.8 cm³/mol. The zero-order chi connectivity index (χ0) is 15.4. The van der Waals surface area contributed by atoms with Crippen LogP contribution in [0.15, 0.2) is 30.3 Å². The van der Waals surface area contributed by atoms with Gasteiger partial charge in [-0.15, -0.1) is 11.6 Å². The smallest absolute Gasteiger partial charge is 0.226 e. The average molecular weight is 319 g/mol. The predicted octanol–water partition coefficient (Wildman–Crippen LogP) is 2.54. The largest absolute Gasteiger partial charge is 0.309 e. The Hall–Kier alpha value is -1.85. The maximum absolute atomic E-state index is 11.6. The molecule has 116 valence electrons. The van der Waals surface area contributed by atoms with E-state index in [0.717, 1.165) is 37.3 Å². The highest BCUT2D eigenvalue weighted by Crippen LogP contribution is 2.24. The van der Waals surface area contributed by atoms with Crippen molar-refractivity contribution in [3.63, 3.8) is 0 Å². The summed E-state index contributed by atoms with van der Waals surface area (Å²) in [6, 6.07) is 10.4. The van der Waals surface area contributed by atoms with E-state index in [-0.39, 0.29) is 5.91 Å². The highest BCUT2D eigenvalue weighted by molar-refractivity contribution is 6.19. The van der Waals surface area contributed by atoms with E-state index in [1.807, 2.05) is 6.07 Å². The number of benzene rings is 1. The summed E-state index contributed by atoms with van der Waals surface area (Å²) < 4.78 is 0. The number of anilines is 1. The lowest BCUT2D eigenvalue weighted by Gasteiger charge is -2.26. The molecule has 2 aromatic rings. The fourth-order valence-corrected chi connectivity index (χ4v) is 2.91. The minimum atomic E-state index is -0.0870. The molecule has 6 heteroatoms. The number of aromatic nitrogens is 2. The van der Waals surface area contributed by atoms with Gasteiger partial charge in [-0.25, -0.2) is 0 Å². The molecule has 0 spiro atoms. The number of nitrogens with one attached hydrogen (secondary N) is 2. The van der Waals surface area contributed by atoms with Gasteiger partial charge in [0.2, 0.25) is 5.91 Å². The van der Waals surface area contributed by atoms with Gasteiger partial charge in [-0.2, -0.15) is 5.10 Å². The number of hydrogen-bond donors (Lipinski definition) is 2. The summed E-state index contributed by atoms with van der Waals surface area (Å²) in [6.45, 7) is 2.70. The Kier molecular flexibility index (Phi) is 4.75. The Morgan fingerprint density at radius 3 is 2.95 bits per heavy atom. The number of H-pyrrole nitrogens is 1. The van der Waals surface area contributed by atoms with E-state index in [1.165, 1.54) is 5.56 Å². The van der Waals surface area contributed by atoms with Crippen LogP contribution in [0.25, 0.3) is 0 Å². The molecule has 1 amide bonds. The van der Waals surface area contributed by atoms with Gasteiger partial charge in [-0.1, -0.05) is 30.3 Å². The van der Waals surface area contributed by atoms with Crippen LogP contribution >= 0.6 is 11.6 Å². The van der Waals surface area contributed by atoms with Crippen molar-refractivity contribution >= 4 is 23.3 Å². The van der Waals surface area contributed by atoms with Crippen LogP contribution in [0.5, 0.6) is 0 Å². The highest BCUT2D eigenvalue weighted by Gasteiger charge is 2.22. The summed E-state index contributed by atoms with van der Waals surface area (Å²) in [7, 11) is 0. The minimum Gasteiger partial charge on any atom is -0.309 e. The van der Waals surface area contributed by atoms with Crippen molar-refractivity contribution in [3.8, 4) is 0 Å². The summed E-state index contributed by atoms with van der Waals surface area (Å²) in [6.07, 6.45) is 1.19. The van der Waals surface area contributed by atoms with Crippen molar-refractivity contribution in [1.29, 1.82) is 0 Å². The molecule has 0 unspecified atom stereocenters. The first kappa shape index (κ1) is 15.1. The van der Waals surface area contributed by atoms with Gasteiger partial charge in [0.15, 0.2) is 5.82 Å². The Bertz CT molecular complexity index is 641. The summed E-state index contributed by atoms with van der Waals surface area (Å²) >= 11 is 5.58. The van der Waals surface area contributed by atoms with Crippen LogP contribution < -0.4 is 5.32 Å². The summed E-state index contributed by atoms with van der Waals surface area (Å²) in [4.78, 5) is 14.0. The van der Waals surface area contributed by atoms with Crippen LogP contribution in [0, 0.1) is 0 Å². The summed E-state index contributed by atoms with van der Waals surface area (Å²) in [5.41, 5.74) is 3.51. The Morgan fingerprint density at radius 2 is 2.18 bits per heavy atom. The number of halogens is 1. The summed E-state index contributed by atoms with van der Waals surface area (Å²) in [5.74, 6) is 0.893. The first-order valence-electron chi connectivity index (χ1n) is 7.44. The molecule has 1 aliphatic heterocycles. The quantitative estimate of drug-likeness (QED) is 0.833. The molecule has 22 heavy (non-hydrogen) atoms. The lowest BCUT2D eigenvalue weighted by atomic mass is 10.1. The van der Waals surface area contributed by atoms with Crippen LogP contribution in [-0.4, -0.2) is 33.4 Å². The van der Waals surface area contributed by atoms with E-state index in [9.17, 15) is 4.79 Å². The molecule has 3 rings (SSSR count). The summed E-state index contributed by atoms with van der Waals surface area (Å²) in [5, 5.41) is 10.1. The van der Waals surface area contributed by atoms with Gasteiger partial charge in [0.25, 0.3) is 0 Å². The highest BCUT2D eigenvalue weighted by atomic mass is 35.5. The molecule has 0 fully saturated rings. The Labute approximate surface area is 134 Å². The molecule has 2 heterocycles. The van der Waals surface area contributed by atoms with Gasteiger partial charge in [-0.3, -0.25) is 14.8 Å². The molecular formula is C16H19ClN4O. The number of carbonyl (C=O) groups is 1. The minimum absolute atomic E-state index is 0.0870. The van der Waals surface area contributed by atoms with E-state index in [1.54, 1.807) is 0 Å². The van der Waals surface area contributed by atoms with Crippen molar-refractivity contribution < 1.29 is 4.79 Å². The van der Waals surface area contributed by atoms with E-state index in [4.69, 9.17) is 11.6 Å². The van der Waals surface area contributed by atoms with Gasteiger partial charge in [0, 0.05) is 37.5 Å². The number of carbonyl (C=O) groups excluding carboxylic acids is 1. The standard InChI is InChI=1S/C16H19ClN4O/c17-8-6-15(22)18-16-13-7-9-21(11-14(13)19-20-16)10-12-4-2-1-3-5-12/h1-5H,6-11H2,(H2,18,19,20,22). The monoisotopic (exact) mass is 318 g/mol. The van der Waals surface area contributed by atoms with E-state index in [0.29, 0.717) is 18.1 Å². The molecule has 0 aliphatic carbocycles. The molecule has 5 nitrogen and oxygen atoms in total. The van der Waals surface area contributed by atoms with Gasteiger partial charge in [0.05, 0.1) is 5.69 Å². The third kappa shape index (κ3) is 3.48. The zero-order valence-corrected chi connectivity index (χ0v) is 13.1. The molecule has 1 aromatic carbocycles. The normalized spacial score (nSPS) is 14.6. The van der Waals surface area contributed by atoms with Crippen LogP contribution in [0.3, 0.4) is 0 Å². The number of fused-ring (bicyclic) bond motifs is 1. The van der Waals surface area contributed by atoms with Gasteiger partial charge in [-0.05, 0) is 12.0 Å². The molecule has 1 aromatic heterocycles. The van der Waals surface area contributed by atoms with Gasteiger partial charge in [0.1, 0.15) is 0 Å². The van der Waals surface area contributed by atoms with Crippen LogP contribution in [0.4, 0.5) is 5.82 Å². The first-order valence-corrected chi connectivity index (χ1v) is 7.98. The number of amides is 1. The number of nitrogens with zero attached hydrogens (tertiary/aromatic N) is 2. The second-order valence-electron chi connectivity index (χ2n) is 5.46. The lowest BCUT2D eigenvalue weighted by Crippen LogP contribution is -2.30. The second-order valence-corrected chi connectivity index (χ2v) is 5.84. The number of rotatable bonds is 5. The van der Waals surface area contributed by atoms with Gasteiger partial charge >= 0.3 is 0 Å². The lowest BCUT2D eigenvalue weighted by molar-refractivity contribution is -0.115. The first-order chi connectivity index (χ1) is 10.8. The van der Waals surface area contributed by atoms with E-state index < -0.39 is 0 Å². The Balaban J connectivity index is 1.65. The molecule has 1 aliphatic rings. The molecule has 0 atom stereocenters. The van der Waals surface area contributed by atoms with Crippen molar-refractivity contribution in [2.45, 2.75) is 25.9 Å². The number of hydrogen-bond acceptors (Lipinski definition) is 3. The SMILES string of the molecule is O=C(CCCl)Nc1n[nH]c2c1CCN(Cc1ccccc1)C2. The Morgan fingerprint density at radius 1 is 1.36 bits per heavy atom. The fourth-order valence-electron chi connectivity index (χ4n) is 2.73. The third-order valence-corrected chi connectivity index (χ3v) is 4.03. The average Bonchev–Trinajstić information content (AvgIpc) is 2.91. The maximum Gasteiger partial charge on any atom is 0.226 e. The number of aromatic amines is 1. The molecule has 0 saturated heterocycles. The van der Waals surface area contributed by atoms with Crippen LogP contribution in [0.2, 0.25) is 0 Å². The van der Waals surface area contributed by atoms with Crippen LogP contribution in [0.1, 0.15) is 23.2 Å². The topological polar surface area (TPSA) is 61.0 Å². The van der Waals surface area contributed by atoms with Crippen LogP contribution in [-0.2, 0) is 24.3 Å². The van der Waals surface area contributed by atoms with Gasteiger partial charge < -0.3 is 5.32 Å². The molecule has 0 saturated carbocycles.